The first-order valence-corrected chi connectivity index (χ1v) is 6.68. The Morgan fingerprint density at radius 3 is 2.45 bits per heavy atom. The second-order valence-corrected chi connectivity index (χ2v) is 4.90. The van der Waals surface area contributed by atoms with Gasteiger partial charge >= 0.3 is 11.9 Å². The highest BCUT2D eigenvalue weighted by atomic mass is 19.4. The quantitative estimate of drug-likeness (QED) is 0.910. The summed E-state index contributed by atoms with van der Waals surface area (Å²) in [6.07, 6.45) is -4.40. The van der Waals surface area contributed by atoms with Crippen LogP contribution < -0.4 is 11.2 Å². The third kappa shape index (κ3) is 3.06. The van der Waals surface area contributed by atoms with Crippen molar-refractivity contribution in [3.05, 3.63) is 44.1 Å². The lowest BCUT2D eigenvalue weighted by atomic mass is 9.96. The summed E-state index contributed by atoms with van der Waals surface area (Å²) >= 11 is 0. The fraction of sp³-hybridized carbons (Fsp3) is 0.429. The van der Waals surface area contributed by atoms with Crippen LogP contribution >= 0.6 is 0 Å². The SMILES string of the molecule is CCCC(OC)c1cc2c(=O)[nH]c(=O)[nH]c2cc1C(F)(F)F. The van der Waals surface area contributed by atoms with Gasteiger partial charge in [-0.3, -0.25) is 9.78 Å². The minimum absolute atomic E-state index is 0.0132. The minimum Gasteiger partial charge on any atom is -0.377 e. The molecule has 0 aliphatic heterocycles. The number of H-pyrrole nitrogens is 2. The van der Waals surface area contributed by atoms with E-state index < -0.39 is 29.1 Å². The molecule has 0 fully saturated rings. The van der Waals surface area contributed by atoms with E-state index in [1.165, 1.54) is 7.11 Å². The summed E-state index contributed by atoms with van der Waals surface area (Å²) in [5, 5.41) is -0.0132. The highest BCUT2D eigenvalue weighted by molar-refractivity contribution is 5.79. The Morgan fingerprint density at radius 1 is 1.23 bits per heavy atom. The van der Waals surface area contributed by atoms with Crippen molar-refractivity contribution in [3.63, 3.8) is 0 Å². The molecule has 8 heteroatoms. The van der Waals surface area contributed by atoms with E-state index in [4.69, 9.17) is 4.74 Å². The fourth-order valence-electron chi connectivity index (χ4n) is 2.41. The summed E-state index contributed by atoms with van der Waals surface area (Å²) in [5.74, 6) is 0. The second kappa shape index (κ2) is 5.96. The van der Waals surface area contributed by atoms with Crippen LogP contribution in [0.25, 0.3) is 10.9 Å². The molecule has 2 N–H and O–H groups in total. The average Bonchev–Trinajstić information content (AvgIpc) is 2.42. The van der Waals surface area contributed by atoms with Crippen LogP contribution in [0.3, 0.4) is 0 Å². The zero-order valence-electron chi connectivity index (χ0n) is 12.0. The summed E-state index contributed by atoms with van der Waals surface area (Å²) in [5.41, 5.74) is -2.77. The van der Waals surface area contributed by atoms with E-state index >= 15 is 0 Å². The molecule has 0 bridgehead atoms. The molecule has 1 aromatic heterocycles. The molecule has 0 aliphatic carbocycles. The maximum absolute atomic E-state index is 13.3. The molecule has 1 unspecified atom stereocenters. The predicted molar refractivity (Wildman–Crippen MR) is 74.8 cm³/mol. The average molecular weight is 316 g/mol. The van der Waals surface area contributed by atoms with Crippen molar-refractivity contribution in [1.82, 2.24) is 9.97 Å². The first-order chi connectivity index (χ1) is 10.3. The van der Waals surface area contributed by atoms with E-state index in [1.807, 2.05) is 11.9 Å². The van der Waals surface area contributed by atoms with Crippen LogP contribution in [0, 0.1) is 0 Å². The molecule has 0 saturated carbocycles. The largest absolute Gasteiger partial charge is 0.416 e. The van der Waals surface area contributed by atoms with Crippen molar-refractivity contribution in [2.24, 2.45) is 0 Å². The molecule has 1 heterocycles. The minimum atomic E-state index is -4.62. The van der Waals surface area contributed by atoms with Crippen molar-refractivity contribution in [3.8, 4) is 0 Å². The fourth-order valence-corrected chi connectivity index (χ4v) is 2.41. The summed E-state index contributed by atoms with van der Waals surface area (Å²) in [6, 6.07) is 1.92. The first kappa shape index (κ1) is 16.3. The van der Waals surface area contributed by atoms with Crippen LogP contribution in [0.15, 0.2) is 21.7 Å². The summed E-state index contributed by atoms with van der Waals surface area (Å²) in [7, 11) is 1.32. The zero-order chi connectivity index (χ0) is 16.5. The number of hydrogen-bond donors (Lipinski definition) is 2. The summed E-state index contributed by atoms with van der Waals surface area (Å²) in [6.45, 7) is 1.82. The van der Waals surface area contributed by atoms with Crippen LogP contribution in [-0.2, 0) is 10.9 Å². The summed E-state index contributed by atoms with van der Waals surface area (Å²) < 4.78 is 45.0. The topological polar surface area (TPSA) is 75.0 Å². The molecule has 0 aliphatic rings. The van der Waals surface area contributed by atoms with Crippen LogP contribution in [0.4, 0.5) is 13.2 Å². The van der Waals surface area contributed by atoms with E-state index in [2.05, 4.69) is 4.98 Å². The lowest BCUT2D eigenvalue weighted by Crippen LogP contribution is -2.23. The Morgan fingerprint density at radius 2 is 1.91 bits per heavy atom. The predicted octanol–water partition coefficient (Wildman–Crippen LogP) is 2.72. The van der Waals surface area contributed by atoms with Gasteiger partial charge in [0.2, 0.25) is 0 Å². The molecule has 22 heavy (non-hydrogen) atoms. The number of aromatic amines is 2. The standard InChI is InChI=1S/C14H15F3N2O3/c1-3-4-11(22-2)7-5-8-10(6-9(7)14(15,16)17)18-13(21)19-12(8)20/h5-6,11H,3-4H2,1-2H3,(H2,18,19,20,21). The number of hydrogen-bond acceptors (Lipinski definition) is 3. The molecule has 2 aromatic rings. The van der Waals surface area contributed by atoms with Crippen molar-refractivity contribution < 1.29 is 17.9 Å². The molecule has 2 rings (SSSR count). The van der Waals surface area contributed by atoms with Crippen molar-refractivity contribution in [1.29, 1.82) is 0 Å². The van der Waals surface area contributed by atoms with Crippen molar-refractivity contribution in [2.45, 2.75) is 32.0 Å². The highest BCUT2D eigenvalue weighted by Gasteiger charge is 2.36. The van der Waals surface area contributed by atoms with Gasteiger partial charge in [-0.2, -0.15) is 13.2 Å². The molecule has 0 amide bonds. The van der Waals surface area contributed by atoms with Gasteiger partial charge in [-0.05, 0) is 24.1 Å². The number of methoxy groups -OCH3 is 1. The summed E-state index contributed by atoms with van der Waals surface area (Å²) in [4.78, 5) is 27.2. The van der Waals surface area contributed by atoms with Gasteiger partial charge in [0.15, 0.2) is 0 Å². The monoisotopic (exact) mass is 316 g/mol. The van der Waals surface area contributed by atoms with Crippen LogP contribution in [-0.4, -0.2) is 17.1 Å². The highest BCUT2D eigenvalue weighted by Crippen LogP contribution is 2.38. The molecular weight excluding hydrogens is 301 g/mol. The number of alkyl halides is 3. The van der Waals surface area contributed by atoms with E-state index in [-0.39, 0.29) is 16.5 Å². The number of fused-ring (bicyclic) bond motifs is 1. The van der Waals surface area contributed by atoms with Gasteiger partial charge in [0, 0.05) is 7.11 Å². The van der Waals surface area contributed by atoms with Gasteiger partial charge in [-0.15, -0.1) is 0 Å². The molecule has 120 valence electrons. The normalized spacial score (nSPS) is 13.5. The zero-order valence-corrected chi connectivity index (χ0v) is 12.0. The number of nitrogens with one attached hydrogen (secondary N) is 2. The smallest absolute Gasteiger partial charge is 0.377 e. The van der Waals surface area contributed by atoms with Gasteiger partial charge in [-0.1, -0.05) is 13.3 Å². The van der Waals surface area contributed by atoms with Gasteiger partial charge in [0.25, 0.3) is 5.56 Å². The third-order valence-corrected chi connectivity index (χ3v) is 3.40. The van der Waals surface area contributed by atoms with E-state index in [9.17, 15) is 22.8 Å². The molecule has 0 radical (unpaired) electrons. The number of rotatable bonds is 4. The van der Waals surface area contributed by atoms with Crippen LogP contribution in [0.1, 0.15) is 37.0 Å². The van der Waals surface area contributed by atoms with Gasteiger partial charge < -0.3 is 9.72 Å². The maximum Gasteiger partial charge on any atom is 0.416 e. The maximum atomic E-state index is 13.3. The van der Waals surface area contributed by atoms with Gasteiger partial charge in [0.1, 0.15) is 0 Å². The first-order valence-electron chi connectivity index (χ1n) is 6.68. The molecule has 1 atom stereocenters. The van der Waals surface area contributed by atoms with E-state index in [0.717, 1.165) is 12.1 Å². The molecule has 0 saturated heterocycles. The molecular formula is C14H15F3N2O3. The Bertz CT molecular complexity index is 792. The lowest BCUT2D eigenvalue weighted by molar-refractivity contribution is -0.139. The Labute approximate surface area is 123 Å². The molecule has 5 nitrogen and oxygen atoms in total. The van der Waals surface area contributed by atoms with Crippen LogP contribution in [0.2, 0.25) is 0 Å². The number of halogens is 3. The lowest BCUT2D eigenvalue weighted by Gasteiger charge is -2.20. The number of ether oxygens (including phenoxy) is 1. The number of aromatic nitrogens is 2. The Hall–Kier alpha value is -2.09. The van der Waals surface area contributed by atoms with Gasteiger partial charge in [-0.25, -0.2) is 4.79 Å². The van der Waals surface area contributed by atoms with Crippen molar-refractivity contribution >= 4 is 10.9 Å². The Kier molecular flexibility index (Phi) is 4.41. The van der Waals surface area contributed by atoms with E-state index in [0.29, 0.717) is 12.8 Å². The van der Waals surface area contributed by atoms with Gasteiger partial charge in [0.05, 0.1) is 22.6 Å². The van der Waals surface area contributed by atoms with Crippen LogP contribution in [0.5, 0.6) is 0 Å². The second-order valence-electron chi connectivity index (χ2n) is 4.90. The third-order valence-electron chi connectivity index (χ3n) is 3.40. The Balaban J connectivity index is 2.82. The van der Waals surface area contributed by atoms with Crippen molar-refractivity contribution in [2.75, 3.05) is 7.11 Å². The molecule has 0 spiro atoms. The number of benzene rings is 1. The molecule has 1 aromatic carbocycles. The van der Waals surface area contributed by atoms with E-state index in [1.54, 1.807) is 0 Å².